The fraction of sp³-hybridized carbons (Fsp3) is 0.0476. The van der Waals surface area contributed by atoms with Gasteiger partial charge in [0.2, 0.25) is 5.91 Å². The number of benzene rings is 2. The van der Waals surface area contributed by atoms with Crippen molar-refractivity contribution in [1.29, 1.82) is 5.26 Å². The second-order valence-electron chi connectivity index (χ2n) is 5.73. The van der Waals surface area contributed by atoms with Gasteiger partial charge in [-0.25, -0.2) is 0 Å². The third kappa shape index (κ3) is 5.68. The zero-order chi connectivity index (χ0) is 20.5. The minimum Gasteiger partial charge on any atom is -0.365 e. The van der Waals surface area contributed by atoms with Crippen LogP contribution in [0.25, 0.3) is 6.08 Å². The molecule has 0 spiro atoms. The summed E-state index contributed by atoms with van der Waals surface area (Å²) >= 11 is 0. The molecular formula is C21H18N4O3. The average Bonchev–Trinajstić information content (AvgIpc) is 2.71. The number of nitrogens with one attached hydrogen (secondary N) is 2. The van der Waals surface area contributed by atoms with Crippen molar-refractivity contribution in [3.63, 3.8) is 0 Å². The van der Waals surface area contributed by atoms with Crippen LogP contribution in [0, 0.1) is 11.3 Å². The van der Waals surface area contributed by atoms with Crippen molar-refractivity contribution in [2.24, 2.45) is 5.73 Å². The molecular weight excluding hydrogens is 356 g/mol. The number of hydrogen-bond donors (Lipinski definition) is 3. The molecule has 7 heteroatoms. The molecule has 0 saturated heterocycles. The standard InChI is InChI=1S/C21H18N4O3/c1-2-19(26)24-13-15-3-7-16(8-4-15)21(28)25-18-9-5-14(6-10-18)11-17(12-22)20(23)27/h2-11H,1,13H2,(H2,23,27)(H,24,26)(H,25,28)/b17-11-. The SMILES string of the molecule is C=CC(=O)NCc1ccc(C(=O)Nc2ccc(/C=C(/C#N)C(N)=O)cc2)cc1. The van der Waals surface area contributed by atoms with Gasteiger partial charge in [0.05, 0.1) is 0 Å². The first-order chi connectivity index (χ1) is 13.4. The summed E-state index contributed by atoms with van der Waals surface area (Å²) in [5, 5.41) is 14.3. The van der Waals surface area contributed by atoms with Crippen molar-refractivity contribution < 1.29 is 14.4 Å². The van der Waals surface area contributed by atoms with Gasteiger partial charge in [0, 0.05) is 17.8 Å². The summed E-state index contributed by atoms with van der Waals surface area (Å²) < 4.78 is 0. The quantitative estimate of drug-likeness (QED) is 0.507. The number of nitrogens with two attached hydrogens (primary N) is 1. The molecule has 0 radical (unpaired) electrons. The van der Waals surface area contributed by atoms with Crippen LogP contribution in [0.15, 0.2) is 66.8 Å². The molecule has 0 unspecified atom stereocenters. The number of anilines is 1. The van der Waals surface area contributed by atoms with Crippen LogP contribution in [0.5, 0.6) is 0 Å². The van der Waals surface area contributed by atoms with E-state index in [2.05, 4.69) is 17.2 Å². The highest BCUT2D eigenvalue weighted by atomic mass is 16.2. The third-order valence-electron chi connectivity index (χ3n) is 3.73. The molecule has 0 aromatic heterocycles. The second kappa shape index (κ2) is 9.50. The summed E-state index contributed by atoms with van der Waals surface area (Å²) in [7, 11) is 0. The van der Waals surface area contributed by atoms with Gasteiger partial charge in [-0.1, -0.05) is 30.8 Å². The minimum atomic E-state index is -0.799. The van der Waals surface area contributed by atoms with Crippen LogP contribution in [-0.2, 0) is 16.1 Å². The van der Waals surface area contributed by atoms with E-state index in [0.717, 1.165) is 5.56 Å². The molecule has 0 aliphatic carbocycles. The lowest BCUT2D eigenvalue weighted by molar-refractivity contribution is -0.116. The molecule has 0 aliphatic rings. The Morgan fingerprint density at radius 3 is 2.25 bits per heavy atom. The van der Waals surface area contributed by atoms with E-state index in [1.165, 1.54) is 12.2 Å². The largest absolute Gasteiger partial charge is 0.365 e. The molecule has 0 bridgehead atoms. The number of carbonyl (C=O) groups is 3. The molecule has 4 N–H and O–H groups in total. The number of hydrogen-bond acceptors (Lipinski definition) is 4. The Morgan fingerprint density at radius 1 is 1.07 bits per heavy atom. The van der Waals surface area contributed by atoms with E-state index in [4.69, 9.17) is 11.0 Å². The molecule has 28 heavy (non-hydrogen) atoms. The van der Waals surface area contributed by atoms with Crippen LogP contribution in [0.3, 0.4) is 0 Å². The Balaban J connectivity index is 2.01. The molecule has 3 amide bonds. The number of carbonyl (C=O) groups excluding carboxylic acids is 3. The number of nitriles is 1. The van der Waals surface area contributed by atoms with Crippen LogP contribution in [0.2, 0.25) is 0 Å². The van der Waals surface area contributed by atoms with Crippen LogP contribution in [0.1, 0.15) is 21.5 Å². The van der Waals surface area contributed by atoms with E-state index in [-0.39, 0.29) is 17.4 Å². The van der Waals surface area contributed by atoms with E-state index < -0.39 is 5.91 Å². The number of nitrogens with zero attached hydrogens (tertiary/aromatic N) is 1. The highest BCUT2D eigenvalue weighted by molar-refractivity contribution is 6.04. The Labute approximate surface area is 162 Å². The molecule has 2 aromatic carbocycles. The summed E-state index contributed by atoms with van der Waals surface area (Å²) in [5.74, 6) is -1.36. The Morgan fingerprint density at radius 2 is 1.71 bits per heavy atom. The first kappa shape index (κ1) is 20.1. The molecule has 0 fully saturated rings. The van der Waals surface area contributed by atoms with Gasteiger partial charge < -0.3 is 16.4 Å². The molecule has 2 rings (SSSR count). The Kier molecular flexibility index (Phi) is 6.83. The van der Waals surface area contributed by atoms with Crippen molar-refractivity contribution in [3.8, 4) is 6.07 Å². The fourth-order valence-corrected chi connectivity index (χ4v) is 2.23. The molecule has 2 aromatic rings. The van der Waals surface area contributed by atoms with Crippen LogP contribution in [0.4, 0.5) is 5.69 Å². The van der Waals surface area contributed by atoms with Crippen molar-refractivity contribution in [3.05, 3.63) is 83.4 Å². The van der Waals surface area contributed by atoms with E-state index in [1.807, 2.05) is 0 Å². The predicted molar refractivity (Wildman–Crippen MR) is 106 cm³/mol. The lowest BCUT2D eigenvalue weighted by atomic mass is 10.1. The zero-order valence-electron chi connectivity index (χ0n) is 14.9. The molecule has 7 nitrogen and oxygen atoms in total. The maximum Gasteiger partial charge on any atom is 0.259 e. The predicted octanol–water partition coefficient (Wildman–Crippen LogP) is 2.13. The summed E-state index contributed by atoms with van der Waals surface area (Å²) in [4.78, 5) is 34.6. The van der Waals surface area contributed by atoms with Gasteiger partial charge >= 0.3 is 0 Å². The number of amides is 3. The number of rotatable bonds is 7. The van der Waals surface area contributed by atoms with Gasteiger partial charge in [0.25, 0.3) is 11.8 Å². The normalized spacial score (nSPS) is 10.5. The average molecular weight is 374 g/mol. The monoisotopic (exact) mass is 374 g/mol. The Hall–Kier alpha value is -4.18. The van der Waals surface area contributed by atoms with Gasteiger partial charge in [-0.05, 0) is 47.5 Å². The van der Waals surface area contributed by atoms with Crippen molar-refractivity contribution in [2.75, 3.05) is 5.32 Å². The summed E-state index contributed by atoms with van der Waals surface area (Å²) in [6.45, 7) is 3.72. The first-order valence-corrected chi connectivity index (χ1v) is 8.25. The van der Waals surface area contributed by atoms with E-state index in [0.29, 0.717) is 23.4 Å². The number of primary amides is 1. The maximum atomic E-state index is 12.3. The van der Waals surface area contributed by atoms with E-state index >= 15 is 0 Å². The van der Waals surface area contributed by atoms with Crippen molar-refractivity contribution in [2.45, 2.75) is 6.54 Å². The molecule has 0 atom stereocenters. The smallest absolute Gasteiger partial charge is 0.259 e. The first-order valence-electron chi connectivity index (χ1n) is 8.25. The lowest BCUT2D eigenvalue weighted by Crippen LogP contribution is -2.20. The van der Waals surface area contributed by atoms with Crippen molar-refractivity contribution in [1.82, 2.24) is 5.32 Å². The molecule has 0 aliphatic heterocycles. The maximum absolute atomic E-state index is 12.3. The summed E-state index contributed by atoms with van der Waals surface area (Å²) in [5.41, 5.74) is 7.42. The van der Waals surface area contributed by atoms with Gasteiger partial charge in [0.15, 0.2) is 0 Å². The van der Waals surface area contributed by atoms with E-state index in [1.54, 1.807) is 54.6 Å². The van der Waals surface area contributed by atoms with Gasteiger partial charge in [-0.15, -0.1) is 0 Å². The summed E-state index contributed by atoms with van der Waals surface area (Å²) in [6, 6.07) is 15.2. The Bertz CT molecular complexity index is 968. The highest BCUT2D eigenvalue weighted by Gasteiger charge is 2.07. The molecule has 0 heterocycles. The highest BCUT2D eigenvalue weighted by Crippen LogP contribution is 2.14. The fourth-order valence-electron chi connectivity index (χ4n) is 2.23. The summed E-state index contributed by atoms with van der Waals surface area (Å²) in [6.07, 6.45) is 2.57. The second-order valence-corrected chi connectivity index (χ2v) is 5.73. The van der Waals surface area contributed by atoms with Crippen LogP contribution >= 0.6 is 0 Å². The molecule has 0 saturated carbocycles. The van der Waals surface area contributed by atoms with Gasteiger partial charge in [-0.2, -0.15) is 5.26 Å². The van der Waals surface area contributed by atoms with E-state index in [9.17, 15) is 14.4 Å². The van der Waals surface area contributed by atoms with Gasteiger partial charge in [-0.3, -0.25) is 14.4 Å². The molecule has 140 valence electrons. The van der Waals surface area contributed by atoms with Crippen LogP contribution in [-0.4, -0.2) is 17.7 Å². The minimum absolute atomic E-state index is 0.152. The third-order valence-corrected chi connectivity index (χ3v) is 3.73. The van der Waals surface area contributed by atoms with Gasteiger partial charge in [0.1, 0.15) is 11.6 Å². The van der Waals surface area contributed by atoms with Crippen molar-refractivity contribution >= 4 is 29.5 Å². The zero-order valence-corrected chi connectivity index (χ0v) is 14.9. The lowest BCUT2D eigenvalue weighted by Gasteiger charge is -2.07. The topological polar surface area (TPSA) is 125 Å². The van der Waals surface area contributed by atoms with Crippen LogP contribution < -0.4 is 16.4 Å².